The number of nitrogens with zero attached hydrogens (tertiary/aromatic N) is 4. The van der Waals surface area contributed by atoms with Crippen LogP contribution in [0.15, 0.2) is 22.1 Å². The molecule has 0 saturated heterocycles. The Bertz CT molecular complexity index is 293. The maximum atomic E-state index is 9.37. The molecule has 2 N–H and O–H groups in total. The molecule has 0 saturated carbocycles. The summed E-state index contributed by atoms with van der Waals surface area (Å²) in [5, 5.41) is 25.1. The summed E-state index contributed by atoms with van der Waals surface area (Å²) in [4.78, 5) is 2.45. The summed E-state index contributed by atoms with van der Waals surface area (Å²) in [5.41, 5.74) is 8.31. The molecular weight excluding hydrogens is 176 g/mol. The van der Waals surface area contributed by atoms with E-state index in [2.05, 4.69) is 19.7 Å². The van der Waals surface area contributed by atoms with Crippen molar-refractivity contribution in [2.24, 2.45) is 5.11 Å². The number of rotatable bonds is 4. The highest BCUT2D eigenvalue weighted by Crippen LogP contribution is 2.15. The van der Waals surface area contributed by atoms with Crippen molar-refractivity contribution in [2.75, 3.05) is 6.54 Å². The first kappa shape index (κ1) is 9.53. The lowest BCUT2D eigenvalue weighted by atomic mass is 10.1. The molecule has 13 heavy (non-hydrogen) atoms. The second kappa shape index (κ2) is 4.46. The highest BCUT2D eigenvalue weighted by molar-refractivity contribution is 5.06. The van der Waals surface area contributed by atoms with Gasteiger partial charge in [-0.05, 0) is 5.53 Å². The van der Waals surface area contributed by atoms with Crippen LogP contribution in [0.2, 0.25) is 0 Å². The van der Waals surface area contributed by atoms with Crippen LogP contribution >= 0.6 is 0 Å². The second-order valence-corrected chi connectivity index (χ2v) is 2.38. The summed E-state index contributed by atoms with van der Waals surface area (Å²) in [6.45, 7) is -0.192. The number of hydrogen-bond donors (Lipinski definition) is 2. The maximum absolute atomic E-state index is 9.37. The van der Waals surface area contributed by atoms with Gasteiger partial charge in [-0.25, -0.2) is 0 Å². The van der Waals surface area contributed by atoms with Crippen molar-refractivity contribution in [3.63, 3.8) is 0 Å². The Morgan fingerprint density at radius 3 is 3.00 bits per heavy atom. The summed E-state index contributed by atoms with van der Waals surface area (Å²) in [7, 11) is 0. The molecule has 0 radical (unpaired) electrons. The zero-order chi connectivity index (χ0) is 9.68. The zero-order valence-electron chi connectivity index (χ0n) is 6.61. The van der Waals surface area contributed by atoms with Gasteiger partial charge in [0.05, 0.1) is 18.8 Å². The van der Waals surface area contributed by atoms with Gasteiger partial charge in [0.2, 0.25) is 0 Å². The largest absolute Gasteiger partial charge is 0.390 e. The molecule has 1 aromatic heterocycles. The molecule has 7 heteroatoms. The molecule has 1 rings (SSSR count). The van der Waals surface area contributed by atoms with Gasteiger partial charge < -0.3 is 14.7 Å². The van der Waals surface area contributed by atoms with E-state index in [9.17, 15) is 10.2 Å². The summed E-state index contributed by atoms with van der Waals surface area (Å²) in [5.74, 6) is 0. The summed E-state index contributed by atoms with van der Waals surface area (Å²) >= 11 is 0. The van der Waals surface area contributed by atoms with Crippen molar-refractivity contribution in [2.45, 2.75) is 12.2 Å². The number of aliphatic hydroxyl groups is 2. The quantitative estimate of drug-likeness (QED) is 0.399. The van der Waals surface area contributed by atoms with Gasteiger partial charge in [-0.2, -0.15) is 0 Å². The van der Waals surface area contributed by atoms with Gasteiger partial charge >= 0.3 is 0 Å². The van der Waals surface area contributed by atoms with Crippen LogP contribution in [0.3, 0.4) is 0 Å². The third-order valence-electron chi connectivity index (χ3n) is 1.49. The Hall–Kier alpha value is -1.56. The fourth-order valence-corrected chi connectivity index (χ4v) is 0.801. The van der Waals surface area contributed by atoms with E-state index in [1.165, 1.54) is 12.5 Å². The highest BCUT2D eigenvalue weighted by atomic mass is 16.5. The van der Waals surface area contributed by atoms with Gasteiger partial charge in [0, 0.05) is 10.5 Å². The van der Waals surface area contributed by atoms with Crippen molar-refractivity contribution in [3.05, 3.63) is 28.5 Å². The van der Waals surface area contributed by atoms with Crippen molar-refractivity contribution in [1.29, 1.82) is 0 Å². The van der Waals surface area contributed by atoms with Gasteiger partial charge in [0.1, 0.15) is 12.4 Å². The lowest BCUT2D eigenvalue weighted by molar-refractivity contribution is 0.0240. The second-order valence-electron chi connectivity index (χ2n) is 2.38. The number of aliphatic hydroxyl groups excluding tert-OH is 2. The van der Waals surface area contributed by atoms with Crippen LogP contribution in [0.1, 0.15) is 11.7 Å². The van der Waals surface area contributed by atoms with Crippen LogP contribution in [-0.2, 0) is 0 Å². The van der Waals surface area contributed by atoms with Crippen LogP contribution in [0.5, 0.6) is 0 Å². The van der Waals surface area contributed by atoms with E-state index in [1.54, 1.807) is 0 Å². The fourth-order valence-electron chi connectivity index (χ4n) is 0.801. The van der Waals surface area contributed by atoms with Gasteiger partial charge in [0.25, 0.3) is 0 Å². The van der Waals surface area contributed by atoms with Crippen molar-refractivity contribution < 1.29 is 14.7 Å². The molecule has 0 aliphatic heterocycles. The van der Waals surface area contributed by atoms with Crippen LogP contribution in [0.4, 0.5) is 0 Å². The Labute approximate surface area is 73.2 Å². The fraction of sp³-hybridized carbons (Fsp3) is 0.500. The molecule has 0 fully saturated rings. The zero-order valence-corrected chi connectivity index (χ0v) is 6.61. The lowest BCUT2D eigenvalue weighted by Gasteiger charge is -2.12. The molecule has 0 amide bonds. The number of hydrogen-bond acceptors (Lipinski definition) is 5. The minimum absolute atomic E-state index is 0.192. The molecule has 70 valence electrons. The average molecular weight is 184 g/mol. The molecule has 7 nitrogen and oxygen atoms in total. The lowest BCUT2D eigenvalue weighted by Crippen LogP contribution is -2.20. The molecule has 1 heterocycles. The van der Waals surface area contributed by atoms with E-state index < -0.39 is 12.2 Å². The van der Waals surface area contributed by atoms with Gasteiger partial charge in [-0.1, -0.05) is 10.3 Å². The topological polar surface area (TPSA) is 115 Å². The maximum Gasteiger partial charge on any atom is 0.129 e. The first-order valence-corrected chi connectivity index (χ1v) is 3.52. The minimum atomic E-state index is -1.14. The van der Waals surface area contributed by atoms with Crippen molar-refractivity contribution >= 4 is 0 Å². The Kier molecular flexibility index (Phi) is 3.27. The van der Waals surface area contributed by atoms with E-state index >= 15 is 0 Å². The van der Waals surface area contributed by atoms with Gasteiger partial charge in [-0.15, -0.1) is 0 Å². The first-order chi connectivity index (χ1) is 6.25. The summed E-state index contributed by atoms with van der Waals surface area (Å²) in [6.07, 6.45) is 0.209. The molecule has 0 aliphatic carbocycles. The molecular formula is C6H8N4O3. The Morgan fingerprint density at radius 1 is 1.69 bits per heavy atom. The normalized spacial score (nSPS) is 14.6. The van der Waals surface area contributed by atoms with Gasteiger partial charge in [-0.3, -0.25) is 0 Å². The molecule has 2 atom stereocenters. The Balaban J connectivity index is 2.57. The van der Waals surface area contributed by atoms with Crippen LogP contribution in [0.25, 0.3) is 10.4 Å². The number of azide groups is 1. The van der Waals surface area contributed by atoms with Gasteiger partial charge in [0.15, 0.2) is 0 Å². The van der Waals surface area contributed by atoms with Crippen LogP contribution < -0.4 is 0 Å². The van der Waals surface area contributed by atoms with E-state index in [1.807, 2.05) is 0 Å². The molecule has 0 aliphatic rings. The summed E-state index contributed by atoms with van der Waals surface area (Å²) in [6, 6.07) is 0. The third-order valence-corrected chi connectivity index (χ3v) is 1.49. The molecule has 0 aromatic carbocycles. The highest BCUT2D eigenvalue weighted by Gasteiger charge is 2.18. The SMILES string of the molecule is [N-]=[N+]=NCC(O)C(O)c1cnoc1. The van der Waals surface area contributed by atoms with Crippen LogP contribution in [0, 0.1) is 0 Å². The van der Waals surface area contributed by atoms with E-state index in [-0.39, 0.29) is 6.54 Å². The van der Waals surface area contributed by atoms with Crippen molar-refractivity contribution in [3.8, 4) is 0 Å². The van der Waals surface area contributed by atoms with E-state index in [4.69, 9.17) is 5.53 Å². The number of aromatic nitrogens is 1. The predicted octanol–water partition coefficient (Wildman–Crippen LogP) is 0.379. The summed E-state index contributed by atoms with van der Waals surface area (Å²) < 4.78 is 4.47. The van der Waals surface area contributed by atoms with Crippen molar-refractivity contribution in [1.82, 2.24) is 5.16 Å². The predicted molar refractivity (Wildman–Crippen MR) is 41.5 cm³/mol. The van der Waals surface area contributed by atoms with Crippen LogP contribution in [-0.4, -0.2) is 28.0 Å². The average Bonchev–Trinajstić information content (AvgIpc) is 2.65. The smallest absolute Gasteiger partial charge is 0.129 e. The monoisotopic (exact) mass is 184 g/mol. The van der Waals surface area contributed by atoms with E-state index in [0.717, 1.165) is 0 Å². The molecule has 0 spiro atoms. The van der Waals surface area contributed by atoms with E-state index in [0.29, 0.717) is 5.56 Å². The first-order valence-electron chi connectivity index (χ1n) is 3.52. The molecule has 1 aromatic rings. The molecule has 0 bridgehead atoms. The molecule has 2 unspecified atom stereocenters. The standard InChI is InChI=1S/C6H8N4O3/c7-10-8-2-5(11)6(12)4-1-9-13-3-4/h1,3,5-6,11-12H,2H2. The third kappa shape index (κ3) is 2.45. The Morgan fingerprint density at radius 2 is 2.46 bits per heavy atom. The minimum Gasteiger partial charge on any atom is -0.390 e.